The van der Waals surface area contributed by atoms with Gasteiger partial charge in [0, 0.05) is 17.8 Å². The molecule has 0 spiro atoms. The van der Waals surface area contributed by atoms with Crippen molar-refractivity contribution in [1.29, 1.82) is 0 Å². The number of rotatable bonds is 2. The number of hydrogen-bond acceptors (Lipinski definition) is 5. The van der Waals surface area contributed by atoms with Gasteiger partial charge in [-0.2, -0.15) is 0 Å². The average Bonchev–Trinajstić information content (AvgIpc) is 3.13. The molecule has 1 aliphatic carbocycles. The van der Waals surface area contributed by atoms with Crippen molar-refractivity contribution >= 4 is 33.4 Å². The normalized spacial score (nSPS) is 17.7. The van der Waals surface area contributed by atoms with E-state index >= 15 is 0 Å². The Balaban J connectivity index is 1.71. The minimum atomic E-state index is -0.320. The van der Waals surface area contributed by atoms with Crippen LogP contribution < -0.4 is 5.56 Å². The van der Waals surface area contributed by atoms with E-state index in [0.29, 0.717) is 24.8 Å². The minimum absolute atomic E-state index is 0.113. The molecule has 2 amide bonds. The molecule has 0 aromatic carbocycles. The highest BCUT2D eigenvalue weighted by atomic mass is 32.1. The second-order valence-electron chi connectivity index (χ2n) is 6.11. The SMILES string of the molecule is O=C1CCCN1C(=O)Cn1cnc2sc3c(c2c1=O)CCCC3. The van der Waals surface area contributed by atoms with Crippen molar-refractivity contribution in [2.75, 3.05) is 6.54 Å². The van der Waals surface area contributed by atoms with Crippen LogP contribution in [-0.4, -0.2) is 32.8 Å². The zero-order valence-corrected chi connectivity index (χ0v) is 13.5. The van der Waals surface area contributed by atoms with Crippen LogP contribution >= 0.6 is 11.3 Å². The van der Waals surface area contributed by atoms with Crippen molar-refractivity contribution < 1.29 is 9.59 Å². The van der Waals surface area contributed by atoms with Crippen LogP contribution in [0.1, 0.15) is 36.1 Å². The van der Waals surface area contributed by atoms with E-state index in [9.17, 15) is 14.4 Å². The fraction of sp³-hybridized carbons (Fsp3) is 0.500. The van der Waals surface area contributed by atoms with E-state index in [1.54, 1.807) is 11.3 Å². The molecule has 1 aliphatic heterocycles. The highest BCUT2D eigenvalue weighted by Crippen LogP contribution is 2.33. The van der Waals surface area contributed by atoms with Crippen LogP contribution in [-0.2, 0) is 29.0 Å². The lowest BCUT2D eigenvalue weighted by molar-refractivity contribution is -0.142. The van der Waals surface area contributed by atoms with Gasteiger partial charge < -0.3 is 0 Å². The largest absolute Gasteiger partial charge is 0.289 e. The van der Waals surface area contributed by atoms with Gasteiger partial charge in [0.15, 0.2) is 0 Å². The van der Waals surface area contributed by atoms with E-state index in [0.717, 1.165) is 36.1 Å². The highest BCUT2D eigenvalue weighted by Gasteiger charge is 2.27. The molecule has 120 valence electrons. The van der Waals surface area contributed by atoms with Gasteiger partial charge in [0.1, 0.15) is 11.4 Å². The maximum Gasteiger partial charge on any atom is 0.262 e. The number of hydrogen-bond donors (Lipinski definition) is 0. The first-order chi connectivity index (χ1) is 11.1. The number of fused-ring (bicyclic) bond motifs is 3. The molecule has 6 nitrogen and oxygen atoms in total. The first-order valence-corrected chi connectivity index (χ1v) is 8.79. The first-order valence-electron chi connectivity index (χ1n) is 7.98. The molecule has 0 N–H and O–H groups in total. The number of likely N-dealkylation sites (tertiary alicyclic amines) is 1. The summed E-state index contributed by atoms with van der Waals surface area (Å²) < 4.78 is 1.35. The van der Waals surface area contributed by atoms with Crippen molar-refractivity contribution in [1.82, 2.24) is 14.5 Å². The van der Waals surface area contributed by atoms with Gasteiger partial charge in [-0.25, -0.2) is 4.98 Å². The number of imide groups is 1. The predicted molar refractivity (Wildman–Crippen MR) is 86.5 cm³/mol. The van der Waals surface area contributed by atoms with Crippen molar-refractivity contribution in [2.45, 2.75) is 45.1 Å². The Bertz CT molecular complexity index is 867. The zero-order valence-electron chi connectivity index (χ0n) is 12.7. The van der Waals surface area contributed by atoms with E-state index in [1.807, 2.05) is 0 Å². The van der Waals surface area contributed by atoms with Crippen LogP contribution in [0.25, 0.3) is 10.2 Å². The van der Waals surface area contributed by atoms with E-state index in [4.69, 9.17) is 0 Å². The summed E-state index contributed by atoms with van der Waals surface area (Å²) in [5.41, 5.74) is 0.960. The molecular weight excluding hydrogens is 314 g/mol. The Kier molecular flexibility index (Phi) is 3.52. The molecular formula is C16H17N3O3S. The van der Waals surface area contributed by atoms with Gasteiger partial charge in [-0.3, -0.25) is 23.9 Å². The molecule has 23 heavy (non-hydrogen) atoms. The molecule has 0 radical (unpaired) electrons. The number of carbonyl (C=O) groups is 2. The van der Waals surface area contributed by atoms with Crippen molar-refractivity contribution in [3.8, 4) is 0 Å². The maximum atomic E-state index is 12.8. The third kappa shape index (κ3) is 2.39. The third-order valence-corrected chi connectivity index (χ3v) is 5.82. The molecule has 0 bridgehead atoms. The number of aromatic nitrogens is 2. The summed E-state index contributed by atoms with van der Waals surface area (Å²) in [6.45, 7) is 0.341. The Morgan fingerprint density at radius 1 is 1.17 bits per heavy atom. The molecule has 2 aromatic rings. The lowest BCUT2D eigenvalue weighted by Crippen LogP contribution is -2.37. The number of amides is 2. The molecule has 0 atom stereocenters. The summed E-state index contributed by atoms with van der Waals surface area (Å²) in [5.74, 6) is -0.468. The van der Waals surface area contributed by atoms with Crippen LogP contribution in [0.15, 0.2) is 11.1 Å². The lowest BCUT2D eigenvalue weighted by Gasteiger charge is -2.14. The first kappa shape index (κ1) is 14.6. The minimum Gasteiger partial charge on any atom is -0.289 e. The number of nitrogens with zero attached hydrogens (tertiary/aromatic N) is 3. The Labute approximate surface area is 136 Å². The van der Waals surface area contributed by atoms with Crippen molar-refractivity contribution in [2.24, 2.45) is 0 Å². The second-order valence-corrected chi connectivity index (χ2v) is 7.19. The van der Waals surface area contributed by atoms with Crippen LogP contribution in [0.3, 0.4) is 0 Å². The fourth-order valence-corrected chi connectivity index (χ4v) is 4.66. The Morgan fingerprint density at radius 2 is 2.00 bits per heavy atom. The monoisotopic (exact) mass is 331 g/mol. The molecule has 3 heterocycles. The molecule has 7 heteroatoms. The smallest absolute Gasteiger partial charge is 0.262 e. The van der Waals surface area contributed by atoms with E-state index < -0.39 is 0 Å². The van der Waals surface area contributed by atoms with Gasteiger partial charge in [-0.15, -0.1) is 11.3 Å². The molecule has 1 fully saturated rings. The molecule has 4 rings (SSSR count). The maximum absolute atomic E-state index is 12.8. The van der Waals surface area contributed by atoms with E-state index in [2.05, 4.69) is 4.98 Å². The van der Waals surface area contributed by atoms with Crippen LogP contribution in [0.4, 0.5) is 0 Å². The Hall–Kier alpha value is -2.02. The van der Waals surface area contributed by atoms with Crippen LogP contribution in [0, 0.1) is 0 Å². The van der Waals surface area contributed by atoms with Gasteiger partial charge in [0.05, 0.1) is 11.7 Å². The summed E-state index contributed by atoms with van der Waals surface area (Å²) in [7, 11) is 0. The molecule has 0 saturated carbocycles. The number of carbonyl (C=O) groups excluding carboxylic acids is 2. The predicted octanol–water partition coefficient (Wildman–Crippen LogP) is 1.49. The van der Waals surface area contributed by atoms with Gasteiger partial charge in [0.2, 0.25) is 11.8 Å². The topological polar surface area (TPSA) is 72.3 Å². The second kappa shape index (κ2) is 5.56. The number of thiophene rings is 1. The molecule has 2 aromatic heterocycles. The lowest BCUT2D eigenvalue weighted by atomic mass is 9.97. The van der Waals surface area contributed by atoms with Gasteiger partial charge in [-0.1, -0.05) is 0 Å². The average molecular weight is 331 g/mol. The van der Waals surface area contributed by atoms with Crippen molar-refractivity contribution in [3.05, 3.63) is 27.1 Å². The summed E-state index contributed by atoms with van der Waals surface area (Å²) >= 11 is 1.59. The van der Waals surface area contributed by atoms with E-state index in [1.165, 1.54) is 20.7 Å². The van der Waals surface area contributed by atoms with Crippen LogP contribution in [0.2, 0.25) is 0 Å². The molecule has 0 unspecified atom stereocenters. The fourth-order valence-electron chi connectivity index (χ4n) is 3.44. The van der Waals surface area contributed by atoms with E-state index in [-0.39, 0.29) is 23.9 Å². The summed E-state index contributed by atoms with van der Waals surface area (Å²) in [6, 6.07) is 0. The Morgan fingerprint density at radius 3 is 2.78 bits per heavy atom. The highest BCUT2D eigenvalue weighted by molar-refractivity contribution is 7.18. The number of aryl methyl sites for hydroxylation is 2. The summed E-state index contributed by atoms with van der Waals surface area (Å²) in [6.07, 6.45) is 6.72. The van der Waals surface area contributed by atoms with Gasteiger partial charge >= 0.3 is 0 Å². The molecule has 2 aliphatic rings. The van der Waals surface area contributed by atoms with Crippen LogP contribution in [0.5, 0.6) is 0 Å². The summed E-state index contributed by atoms with van der Waals surface area (Å²) in [4.78, 5) is 44.3. The van der Waals surface area contributed by atoms with Crippen molar-refractivity contribution in [3.63, 3.8) is 0 Å². The molecule has 1 saturated heterocycles. The van der Waals surface area contributed by atoms with Gasteiger partial charge in [-0.05, 0) is 37.7 Å². The third-order valence-electron chi connectivity index (χ3n) is 4.62. The van der Waals surface area contributed by atoms with Gasteiger partial charge in [0.25, 0.3) is 5.56 Å². The quantitative estimate of drug-likeness (QED) is 0.836. The zero-order chi connectivity index (χ0) is 16.0. The summed E-state index contributed by atoms with van der Waals surface area (Å²) in [5, 5.41) is 0.674. The standard InChI is InChI=1S/C16H17N3O3S/c20-12-6-3-7-19(12)13(21)8-18-9-17-15-14(16(18)22)10-4-1-2-5-11(10)23-15/h9H,1-8H2.